The fourth-order valence-electron chi connectivity index (χ4n) is 17.2. The number of fused-ring (bicyclic) bond motifs is 4. The molecule has 0 saturated carbocycles. The van der Waals surface area contributed by atoms with Crippen LogP contribution in [0.2, 0.25) is 20.1 Å². The van der Waals surface area contributed by atoms with E-state index in [0.717, 1.165) is 123 Å². The highest BCUT2D eigenvalue weighted by Gasteiger charge is 2.28. The van der Waals surface area contributed by atoms with Crippen molar-refractivity contribution >= 4 is 138 Å². The molecular weight excluding hydrogens is 1920 g/mol. The molecule has 0 bridgehead atoms. The molecule has 4 aliphatic heterocycles. The molecular formula is C107H103Cl4F4N17O11. The van der Waals surface area contributed by atoms with Gasteiger partial charge in [0, 0.05) is 235 Å². The van der Waals surface area contributed by atoms with E-state index >= 15 is 17.6 Å². The molecule has 4 aliphatic rings. The topological polar surface area (TPSA) is 323 Å². The van der Waals surface area contributed by atoms with Crippen LogP contribution in [0, 0.1) is 27.7 Å². The molecule has 4 aromatic carbocycles. The fourth-order valence-corrected chi connectivity index (χ4v) is 18.6. The molecule has 738 valence electrons. The number of likely N-dealkylation sites (tertiary alicyclic amines) is 1. The van der Waals surface area contributed by atoms with Crippen LogP contribution in [0.1, 0.15) is 179 Å². The lowest BCUT2D eigenvalue weighted by atomic mass is 10.1. The molecule has 36 heteroatoms. The molecule has 4 fully saturated rings. The molecule has 0 spiro atoms. The van der Waals surface area contributed by atoms with Gasteiger partial charge in [0.1, 0.15) is 89.0 Å². The molecule has 0 radical (unpaired) electrons. The lowest BCUT2D eigenvalue weighted by Crippen LogP contribution is -2.26. The summed E-state index contributed by atoms with van der Waals surface area (Å²) in [7, 11) is 1.74. The van der Waals surface area contributed by atoms with Crippen LogP contribution >= 0.6 is 46.4 Å². The van der Waals surface area contributed by atoms with E-state index in [4.69, 9.17) is 98.5 Å². The molecule has 143 heavy (non-hydrogen) atoms. The van der Waals surface area contributed by atoms with E-state index in [-0.39, 0.29) is 48.8 Å². The Labute approximate surface area is 841 Å². The van der Waals surface area contributed by atoms with Crippen LogP contribution in [0.4, 0.5) is 17.6 Å². The van der Waals surface area contributed by atoms with Gasteiger partial charge in [-0.15, -0.1) is 0 Å². The number of benzene rings is 4. The predicted octanol–water partition coefficient (Wildman–Crippen LogP) is 24.8. The number of pyridine rings is 8. The highest BCUT2D eigenvalue weighted by atomic mass is 35.5. The van der Waals surface area contributed by atoms with Crippen LogP contribution in [0.3, 0.4) is 0 Å². The van der Waals surface area contributed by atoms with Crippen LogP contribution in [-0.2, 0) is 25.5 Å². The average molecular weight is 2020 g/mol. The van der Waals surface area contributed by atoms with Crippen molar-refractivity contribution in [3.63, 3.8) is 0 Å². The summed E-state index contributed by atoms with van der Waals surface area (Å²) in [5, 5.41) is 33.9. The second-order valence-electron chi connectivity index (χ2n) is 34.9. The van der Waals surface area contributed by atoms with Gasteiger partial charge in [-0.05, 0) is 187 Å². The quantitative estimate of drug-likeness (QED) is 0.0316. The molecule has 0 amide bonds. The monoisotopic (exact) mass is 2020 g/mol. The van der Waals surface area contributed by atoms with Crippen LogP contribution in [0.25, 0.3) is 91.2 Å². The first-order chi connectivity index (χ1) is 69.3. The highest BCUT2D eigenvalue weighted by molar-refractivity contribution is 6.32. The van der Waals surface area contributed by atoms with Crippen molar-refractivity contribution in [2.75, 3.05) is 59.8 Å². The van der Waals surface area contributed by atoms with Crippen molar-refractivity contribution in [1.82, 2.24) is 85.6 Å². The summed E-state index contributed by atoms with van der Waals surface area (Å²) in [6.45, 7) is 21.9. The van der Waals surface area contributed by atoms with E-state index in [1.807, 2.05) is 134 Å². The number of methoxy groups -OCH3 is 1. The molecule has 4 N–H and O–H groups in total. The number of hydrogen-bond donors (Lipinski definition) is 4. The van der Waals surface area contributed by atoms with Gasteiger partial charge in [0.15, 0.2) is 0 Å². The molecule has 16 heterocycles. The molecule has 7 atom stereocenters. The smallest absolute Gasteiger partial charge is 0.213 e. The number of aryl methyl sites for hydroxylation is 4. The van der Waals surface area contributed by atoms with Crippen molar-refractivity contribution in [2.24, 2.45) is 0 Å². The lowest BCUT2D eigenvalue weighted by Gasteiger charge is -2.22. The van der Waals surface area contributed by atoms with Crippen LogP contribution in [0.15, 0.2) is 196 Å². The number of hydrogen-bond acceptors (Lipinski definition) is 24. The Kier molecular flexibility index (Phi) is 33.1. The van der Waals surface area contributed by atoms with E-state index in [1.54, 1.807) is 105 Å². The van der Waals surface area contributed by atoms with Gasteiger partial charge in [-0.25, -0.2) is 32.5 Å². The van der Waals surface area contributed by atoms with Crippen molar-refractivity contribution in [2.45, 2.75) is 143 Å². The van der Waals surface area contributed by atoms with Gasteiger partial charge in [-0.2, -0.15) is 20.4 Å². The molecule has 28 nitrogen and oxygen atoms in total. The predicted molar refractivity (Wildman–Crippen MR) is 544 cm³/mol. The summed E-state index contributed by atoms with van der Waals surface area (Å²) in [5.41, 5.74) is 14.6. The van der Waals surface area contributed by atoms with E-state index in [2.05, 4.69) is 85.6 Å². The van der Waals surface area contributed by atoms with E-state index in [1.165, 1.54) is 42.9 Å². The maximum absolute atomic E-state index is 15.2. The van der Waals surface area contributed by atoms with E-state index < -0.39 is 23.3 Å². The Balaban J connectivity index is 0.000000131. The largest absolute Gasteiger partial charge is 0.486 e. The molecule has 4 saturated heterocycles. The van der Waals surface area contributed by atoms with Crippen LogP contribution in [0.5, 0.6) is 40.6 Å². The first-order valence-electron chi connectivity index (χ1n) is 46.6. The standard InChI is InChI=1S/C28H29ClFN5O2.C27H26ClFN4O3.2C26H24ClFN4O3/c1-17-12-31-14-24(29)28(17)18(2)37-21-6-7-26-23(10-21)27(34-33-26)11-25(30)19-4-5-20(32-13-19)15-35-9-8-22(16-35)36-3;1-16-13-30-15-22(28)27(16)17(2)35-20-4-5-24-21(11-20)25(33-32-24)12-23(29)18-3-6-26(31-14-18)36-19-7-9-34-10-8-19;2*1-15-11-29-13-21(27)26(15)16(2)34-18-4-5-23-20(9-18)24(32-31-23)10-22(28)17-3-6-25(30-12-17)35-19-7-8-33-14-19/h4-7,10-14,18,22H,8-9,15-16H2,1-3H3,(H,33,34);3-6,11-15,17,19H,7-10H2,1-2H3,(H,32,33);2*3-6,9-13,16,19H,7-8,14H2,1-2H3,(H,31,32)/b25-11-;23-12-;2*22-10-/t18-,22?;17-;16-,19+;16-,19-/m1111/s1. The highest BCUT2D eigenvalue weighted by Crippen LogP contribution is 2.40. The zero-order chi connectivity index (χ0) is 99.7. The third-order valence-electron chi connectivity index (χ3n) is 24.6. The van der Waals surface area contributed by atoms with Crippen molar-refractivity contribution < 1.29 is 69.7 Å². The minimum atomic E-state index is -0.447. The maximum atomic E-state index is 15.2. The summed E-state index contributed by atoms with van der Waals surface area (Å²) >= 11 is 25.4. The van der Waals surface area contributed by atoms with Crippen molar-refractivity contribution in [3.8, 4) is 40.6 Å². The molecule has 12 aromatic heterocycles. The average Bonchev–Trinajstić information content (AvgIpc) is 1.64. The Bertz CT molecular complexity index is 6950. The summed E-state index contributed by atoms with van der Waals surface area (Å²) < 4.78 is 124. The normalized spacial score (nSPS) is 16.8. The number of halogens is 8. The van der Waals surface area contributed by atoms with Gasteiger partial charge < -0.3 is 52.1 Å². The van der Waals surface area contributed by atoms with Gasteiger partial charge in [0.25, 0.3) is 0 Å². The number of rotatable bonds is 29. The van der Waals surface area contributed by atoms with Gasteiger partial charge in [-0.1, -0.05) is 46.4 Å². The van der Waals surface area contributed by atoms with E-state index in [9.17, 15) is 0 Å². The zero-order valence-electron chi connectivity index (χ0n) is 79.6. The van der Waals surface area contributed by atoms with Crippen LogP contribution < -0.4 is 33.2 Å². The van der Waals surface area contributed by atoms with Gasteiger partial charge in [0.05, 0.1) is 116 Å². The second kappa shape index (κ2) is 46.9. The second-order valence-corrected chi connectivity index (χ2v) is 36.5. The summed E-state index contributed by atoms with van der Waals surface area (Å²) in [6, 6.07) is 35.5. The Morgan fingerprint density at radius 3 is 0.944 bits per heavy atom. The molecule has 1 unspecified atom stereocenters. The Morgan fingerprint density at radius 2 is 0.671 bits per heavy atom. The number of aromatic nitrogens is 16. The number of nitrogens with one attached hydrogen (secondary N) is 4. The van der Waals surface area contributed by atoms with Crippen molar-refractivity contribution in [1.29, 1.82) is 0 Å². The third kappa shape index (κ3) is 25.5. The zero-order valence-corrected chi connectivity index (χ0v) is 82.7. The Hall–Kier alpha value is -13.8. The minimum Gasteiger partial charge on any atom is -0.486 e. The Morgan fingerprint density at radius 1 is 0.371 bits per heavy atom. The van der Waals surface area contributed by atoms with Gasteiger partial charge >= 0.3 is 0 Å². The number of H-pyrrole nitrogens is 4. The first kappa shape index (κ1) is 101. The molecule has 16 aromatic rings. The lowest BCUT2D eigenvalue weighted by molar-refractivity contribution is 0.0237. The summed E-state index contributed by atoms with van der Waals surface area (Å²) in [6.07, 6.45) is 28.5. The first-order valence-corrected chi connectivity index (χ1v) is 48.2. The fraction of sp³-hybridized carbons (Fsp3) is 0.290. The van der Waals surface area contributed by atoms with E-state index in [0.29, 0.717) is 167 Å². The maximum Gasteiger partial charge on any atom is 0.213 e. The third-order valence-corrected chi connectivity index (χ3v) is 25.8. The van der Waals surface area contributed by atoms with Crippen LogP contribution in [-0.4, -0.2) is 170 Å². The minimum absolute atomic E-state index is 0.0114. The summed E-state index contributed by atoms with van der Waals surface area (Å²) in [5.74, 6) is 2.13. The number of aromatic amines is 4. The number of ether oxygens (including phenoxy) is 11. The number of nitrogens with zero attached hydrogens (tertiary/aromatic N) is 13. The summed E-state index contributed by atoms with van der Waals surface area (Å²) in [4.78, 5) is 35.9. The SMILES string of the molecule is COC1CCN(Cc2ccc(/C(F)=C/c3[nH]nc4ccc(O[C@H](C)c5c(C)cncc5Cl)cc34)cn2)C1.Cc1cncc(Cl)c1[C@@H](C)Oc1ccc2n[nH]c(/C=C(\F)c3ccc(OC4CCOCC4)nc3)c2c1.Cc1cncc(Cl)c1[C@@H](C)Oc1ccc2n[nH]c(/C=C(\F)c3ccc(O[C@@H]4CCOC4)nc3)c2c1.Cc1cncc(Cl)c1[C@@H](C)Oc1ccc2n[nH]c(/C=C(\F)c3ccc(O[C@H]4CCOC4)nc3)c2c1. The van der Waals surface area contributed by atoms with Gasteiger partial charge in [-0.3, -0.25) is 50.2 Å². The molecule has 0 aliphatic carbocycles. The molecule has 20 rings (SSSR count). The van der Waals surface area contributed by atoms with Crippen molar-refractivity contribution in [3.05, 3.63) is 311 Å². The van der Waals surface area contributed by atoms with Gasteiger partial charge in [0.2, 0.25) is 17.6 Å².